The molecular formula is C15H19IN4. The predicted molar refractivity (Wildman–Crippen MR) is 92.7 cm³/mol. The topological polar surface area (TPSA) is 49.8 Å². The van der Waals surface area contributed by atoms with Gasteiger partial charge in [0.2, 0.25) is 0 Å². The first-order valence-electron chi connectivity index (χ1n) is 6.48. The van der Waals surface area contributed by atoms with E-state index in [-0.39, 0.29) is 5.41 Å². The van der Waals surface area contributed by atoms with E-state index in [0.717, 1.165) is 23.1 Å². The summed E-state index contributed by atoms with van der Waals surface area (Å²) in [7, 11) is 1.87. The third kappa shape index (κ3) is 3.82. The smallest absolute Gasteiger partial charge is 0.138 e. The summed E-state index contributed by atoms with van der Waals surface area (Å²) in [4.78, 5) is 9.13. The first-order chi connectivity index (χ1) is 9.38. The van der Waals surface area contributed by atoms with E-state index in [2.05, 4.69) is 76.1 Å². The Labute approximate surface area is 133 Å². The van der Waals surface area contributed by atoms with Crippen molar-refractivity contribution >= 4 is 39.9 Å². The van der Waals surface area contributed by atoms with Crippen molar-refractivity contribution in [2.45, 2.75) is 26.2 Å². The number of halogens is 1. The van der Waals surface area contributed by atoms with Crippen molar-refractivity contribution in [2.24, 2.45) is 0 Å². The molecule has 0 radical (unpaired) electrons. The molecule has 0 saturated carbocycles. The van der Waals surface area contributed by atoms with Crippen LogP contribution < -0.4 is 10.6 Å². The number of nitrogens with zero attached hydrogens (tertiary/aromatic N) is 2. The molecule has 0 bridgehead atoms. The summed E-state index contributed by atoms with van der Waals surface area (Å²) in [6.07, 6.45) is 0. The van der Waals surface area contributed by atoms with Gasteiger partial charge in [-0.2, -0.15) is 0 Å². The van der Waals surface area contributed by atoms with E-state index in [1.165, 1.54) is 3.57 Å². The van der Waals surface area contributed by atoms with Gasteiger partial charge in [0.25, 0.3) is 0 Å². The summed E-state index contributed by atoms with van der Waals surface area (Å²) in [6, 6.07) is 10.1. The summed E-state index contributed by atoms with van der Waals surface area (Å²) in [6.45, 7) is 6.32. The second kappa shape index (κ2) is 5.95. The van der Waals surface area contributed by atoms with Crippen molar-refractivity contribution in [3.63, 3.8) is 0 Å². The van der Waals surface area contributed by atoms with Crippen LogP contribution in [0.2, 0.25) is 0 Å². The Hall–Kier alpha value is -1.37. The van der Waals surface area contributed by atoms with Gasteiger partial charge in [-0.05, 0) is 40.8 Å². The summed E-state index contributed by atoms with van der Waals surface area (Å²) < 4.78 is 1.19. The number of benzene rings is 1. The Balaban J connectivity index is 2.36. The van der Waals surface area contributed by atoms with Gasteiger partial charge in [0.05, 0.1) is 0 Å². The summed E-state index contributed by atoms with van der Waals surface area (Å²) >= 11 is 2.30. The lowest BCUT2D eigenvalue weighted by Crippen LogP contribution is -2.17. The number of anilines is 3. The molecule has 0 saturated heterocycles. The minimum atomic E-state index is -0.0889. The largest absolute Gasteiger partial charge is 0.373 e. The van der Waals surface area contributed by atoms with Crippen LogP contribution >= 0.6 is 22.6 Å². The maximum absolute atomic E-state index is 4.61. The van der Waals surface area contributed by atoms with Gasteiger partial charge in [-0.1, -0.05) is 26.8 Å². The van der Waals surface area contributed by atoms with Gasteiger partial charge in [0, 0.05) is 27.8 Å². The van der Waals surface area contributed by atoms with E-state index in [0.29, 0.717) is 0 Å². The fourth-order valence-corrected chi connectivity index (χ4v) is 2.23. The lowest BCUT2D eigenvalue weighted by atomic mass is 9.96. The number of nitrogens with one attached hydrogen (secondary N) is 2. The van der Waals surface area contributed by atoms with Crippen LogP contribution in [-0.4, -0.2) is 17.0 Å². The third-order valence-corrected chi connectivity index (χ3v) is 3.42. The van der Waals surface area contributed by atoms with E-state index >= 15 is 0 Å². The van der Waals surface area contributed by atoms with Gasteiger partial charge in [-0.25, -0.2) is 9.97 Å². The van der Waals surface area contributed by atoms with Crippen LogP contribution in [0, 0.1) is 3.57 Å². The molecule has 1 aromatic heterocycles. The Morgan fingerprint density at radius 1 is 1.05 bits per heavy atom. The zero-order valence-corrected chi connectivity index (χ0v) is 14.3. The number of rotatable bonds is 3. The molecule has 2 N–H and O–H groups in total. The number of hydrogen-bond donors (Lipinski definition) is 2. The molecule has 2 rings (SSSR count). The highest BCUT2D eigenvalue weighted by Crippen LogP contribution is 2.24. The monoisotopic (exact) mass is 382 g/mol. The zero-order chi connectivity index (χ0) is 14.8. The van der Waals surface area contributed by atoms with Gasteiger partial charge in [-0.15, -0.1) is 0 Å². The molecule has 2 aromatic rings. The summed E-state index contributed by atoms with van der Waals surface area (Å²) in [5.74, 6) is 2.44. The minimum Gasteiger partial charge on any atom is -0.373 e. The molecule has 0 spiro atoms. The van der Waals surface area contributed by atoms with E-state index in [1.807, 2.05) is 25.2 Å². The van der Waals surface area contributed by atoms with Crippen molar-refractivity contribution in [2.75, 3.05) is 17.7 Å². The van der Waals surface area contributed by atoms with Crippen LogP contribution in [0.5, 0.6) is 0 Å². The highest BCUT2D eigenvalue weighted by molar-refractivity contribution is 14.1. The Bertz CT molecular complexity index is 605. The molecule has 0 amide bonds. The summed E-state index contributed by atoms with van der Waals surface area (Å²) in [5, 5.41) is 6.42. The predicted octanol–water partition coefficient (Wildman–Crippen LogP) is 4.16. The van der Waals surface area contributed by atoms with E-state index in [1.54, 1.807) is 0 Å². The Morgan fingerprint density at radius 2 is 1.75 bits per heavy atom. The van der Waals surface area contributed by atoms with Crippen LogP contribution in [0.15, 0.2) is 30.3 Å². The van der Waals surface area contributed by atoms with Crippen LogP contribution in [-0.2, 0) is 5.41 Å². The van der Waals surface area contributed by atoms with Crippen LogP contribution in [0.25, 0.3) is 0 Å². The first-order valence-corrected chi connectivity index (χ1v) is 7.56. The fraction of sp³-hybridized carbons (Fsp3) is 0.333. The summed E-state index contributed by atoms with van der Waals surface area (Å²) in [5.41, 5.74) is 0.937. The highest BCUT2D eigenvalue weighted by Gasteiger charge is 2.19. The minimum absolute atomic E-state index is 0.0889. The molecule has 1 aromatic carbocycles. The molecule has 1 heterocycles. The van der Waals surface area contributed by atoms with Crippen LogP contribution in [0.4, 0.5) is 17.3 Å². The second-order valence-electron chi connectivity index (χ2n) is 5.60. The fourth-order valence-electron chi connectivity index (χ4n) is 1.69. The van der Waals surface area contributed by atoms with Crippen molar-refractivity contribution in [1.29, 1.82) is 0 Å². The second-order valence-corrected chi connectivity index (χ2v) is 6.84. The molecule has 20 heavy (non-hydrogen) atoms. The van der Waals surface area contributed by atoms with Crippen LogP contribution in [0.3, 0.4) is 0 Å². The van der Waals surface area contributed by atoms with E-state index in [9.17, 15) is 0 Å². The van der Waals surface area contributed by atoms with E-state index in [4.69, 9.17) is 0 Å². The zero-order valence-electron chi connectivity index (χ0n) is 12.2. The molecule has 0 aliphatic rings. The average molecular weight is 382 g/mol. The third-order valence-electron chi connectivity index (χ3n) is 2.75. The van der Waals surface area contributed by atoms with Gasteiger partial charge >= 0.3 is 0 Å². The van der Waals surface area contributed by atoms with Gasteiger partial charge < -0.3 is 10.6 Å². The lowest BCUT2D eigenvalue weighted by Gasteiger charge is -2.19. The molecule has 0 atom stereocenters. The molecule has 106 valence electrons. The van der Waals surface area contributed by atoms with Crippen molar-refractivity contribution < 1.29 is 0 Å². The Morgan fingerprint density at radius 3 is 2.35 bits per heavy atom. The molecular weight excluding hydrogens is 363 g/mol. The standard InChI is InChI=1S/C15H19IN4/c1-15(2,3)14-19-12(17-4)9-13(20-14)18-11-7-5-6-10(16)8-11/h5-9H,1-4H3,(H2,17,18,19,20). The molecule has 0 aliphatic carbocycles. The molecule has 0 unspecified atom stereocenters. The molecule has 0 aliphatic heterocycles. The number of aromatic nitrogens is 2. The highest BCUT2D eigenvalue weighted by atomic mass is 127. The van der Waals surface area contributed by atoms with Crippen molar-refractivity contribution in [1.82, 2.24) is 9.97 Å². The maximum atomic E-state index is 4.61. The average Bonchev–Trinajstić information content (AvgIpc) is 2.37. The Kier molecular flexibility index (Phi) is 4.47. The van der Waals surface area contributed by atoms with Gasteiger partial charge in [0.15, 0.2) is 0 Å². The van der Waals surface area contributed by atoms with Crippen molar-refractivity contribution in [3.05, 3.63) is 39.7 Å². The van der Waals surface area contributed by atoms with Gasteiger partial charge in [0.1, 0.15) is 17.5 Å². The molecule has 4 nitrogen and oxygen atoms in total. The van der Waals surface area contributed by atoms with Crippen molar-refractivity contribution in [3.8, 4) is 0 Å². The number of hydrogen-bond acceptors (Lipinski definition) is 4. The molecule has 5 heteroatoms. The first kappa shape index (κ1) is 15.0. The van der Waals surface area contributed by atoms with Gasteiger partial charge in [-0.3, -0.25) is 0 Å². The van der Waals surface area contributed by atoms with Crippen LogP contribution in [0.1, 0.15) is 26.6 Å². The SMILES string of the molecule is CNc1cc(Nc2cccc(I)c2)nc(C(C)(C)C)n1. The molecule has 0 fully saturated rings. The maximum Gasteiger partial charge on any atom is 0.138 e. The lowest BCUT2D eigenvalue weighted by molar-refractivity contribution is 0.547. The van der Waals surface area contributed by atoms with E-state index < -0.39 is 0 Å². The normalized spacial score (nSPS) is 11.2. The quantitative estimate of drug-likeness (QED) is 0.783.